The molecule has 0 fully saturated rings. The van der Waals surface area contributed by atoms with Gasteiger partial charge in [-0.3, -0.25) is 4.79 Å². The molecule has 0 aliphatic carbocycles. The minimum atomic E-state index is -3.86. The van der Waals surface area contributed by atoms with Crippen molar-refractivity contribution < 1.29 is 13.2 Å². The highest BCUT2D eigenvalue weighted by molar-refractivity contribution is 7.89. The first-order valence-corrected chi connectivity index (χ1v) is 9.31. The smallest absolute Gasteiger partial charge is 0.267 e. The van der Waals surface area contributed by atoms with Crippen LogP contribution >= 0.6 is 11.6 Å². The van der Waals surface area contributed by atoms with E-state index in [1.807, 2.05) is 6.92 Å². The first kappa shape index (κ1) is 16.7. The summed E-state index contributed by atoms with van der Waals surface area (Å²) in [6.45, 7) is 2.02. The standard InChI is InChI=1S/C18H16ClNO3S/c1-13-4-10-16(11-5-13)24(22,23)20-12-2-3-17(18(20)21)14-6-8-15(19)9-7-14/h3-11H,2,12H2,1H3. The Balaban J connectivity index is 1.95. The van der Waals surface area contributed by atoms with E-state index in [1.165, 1.54) is 12.1 Å². The second kappa shape index (κ2) is 6.42. The Morgan fingerprint density at radius 1 is 1.00 bits per heavy atom. The number of halogens is 1. The molecule has 6 heteroatoms. The summed E-state index contributed by atoms with van der Waals surface area (Å²) in [6.07, 6.45) is 2.25. The largest absolute Gasteiger partial charge is 0.268 e. The van der Waals surface area contributed by atoms with Gasteiger partial charge in [-0.1, -0.05) is 47.5 Å². The van der Waals surface area contributed by atoms with Crippen molar-refractivity contribution in [1.29, 1.82) is 0 Å². The Bertz CT molecular complexity index is 900. The highest BCUT2D eigenvalue weighted by atomic mass is 35.5. The van der Waals surface area contributed by atoms with Gasteiger partial charge in [0.2, 0.25) is 0 Å². The molecule has 1 aliphatic heterocycles. The van der Waals surface area contributed by atoms with Gasteiger partial charge in [-0.2, -0.15) is 0 Å². The Morgan fingerprint density at radius 3 is 2.25 bits per heavy atom. The summed E-state index contributed by atoms with van der Waals surface area (Å²) < 4.78 is 26.5. The maximum atomic E-state index is 12.8. The fraction of sp³-hybridized carbons (Fsp3) is 0.167. The van der Waals surface area contributed by atoms with E-state index in [9.17, 15) is 13.2 Å². The van der Waals surface area contributed by atoms with Crippen LogP contribution in [0.2, 0.25) is 5.02 Å². The lowest BCUT2D eigenvalue weighted by Crippen LogP contribution is -2.40. The molecular weight excluding hydrogens is 346 g/mol. The van der Waals surface area contributed by atoms with Crippen LogP contribution in [0.3, 0.4) is 0 Å². The van der Waals surface area contributed by atoms with Crippen LogP contribution in [-0.4, -0.2) is 25.2 Å². The van der Waals surface area contributed by atoms with Crippen molar-refractivity contribution in [3.63, 3.8) is 0 Å². The van der Waals surface area contributed by atoms with E-state index in [2.05, 4.69) is 0 Å². The number of hydrogen-bond acceptors (Lipinski definition) is 3. The highest BCUT2D eigenvalue weighted by Crippen LogP contribution is 2.27. The Kier molecular flexibility index (Phi) is 4.47. The molecule has 4 nitrogen and oxygen atoms in total. The SMILES string of the molecule is Cc1ccc(S(=O)(=O)N2CCC=C(c3ccc(Cl)cc3)C2=O)cc1. The van der Waals surface area contributed by atoms with E-state index >= 15 is 0 Å². The molecule has 1 aliphatic rings. The molecule has 24 heavy (non-hydrogen) atoms. The monoisotopic (exact) mass is 361 g/mol. The first-order chi connectivity index (χ1) is 11.4. The number of rotatable bonds is 3. The van der Waals surface area contributed by atoms with Crippen molar-refractivity contribution in [2.24, 2.45) is 0 Å². The number of sulfonamides is 1. The number of carbonyl (C=O) groups excluding carboxylic acids is 1. The minimum absolute atomic E-state index is 0.124. The first-order valence-electron chi connectivity index (χ1n) is 7.49. The van der Waals surface area contributed by atoms with Gasteiger partial charge in [0.1, 0.15) is 0 Å². The molecule has 2 aromatic carbocycles. The van der Waals surface area contributed by atoms with Crippen molar-refractivity contribution in [2.75, 3.05) is 6.54 Å². The van der Waals surface area contributed by atoms with E-state index in [1.54, 1.807) is 42.5 Å². The molecule has 2 aromatic rings. The highest BCUT2D eigenvalue weighted by Gasteiger charge is 2.33. The van der Waals surface area contributed by atoms with Gasteiger partial charge in [0.05, 0.1) is 4.90 Å². The zero-order valence-electron chi connectivity index (χ0n) is 13.1. The van der Waals surface area contributed by atoms with Gasteiger partial charge in [0, 0.05) is 17.1 Å². The van der Waals surface area contributed by atoms with Crippen molar-refractivity contribution >= 4 is 33.1 Å². The molecule has 0 bridgehead atoms. The summed E-state index contributed by atoms with van der Waals surface area (Å²) in [4.78, 5) is 12.9. The summed E-state index contributed by atoms with van der Waals surface area (Å²) in [5.74, 6) is -0.510. The van der Waals surface area contributed by atoms with E-state index in [0.29, 0.717) is 22.6 Å². The third kappa shape index (κ3) is 3.09. The van der Waals surface area contributed by atoms with Crippen LogP contribution < -0.4 is 0 Å². The molecule has 0 saturated heterocycles. The zero-order valence-corrected chi connectivity index (χ0v) is 14.6. The molecule has 0 N–H and O–H groups in total. The second-order valence-electron chi connectivity index (χ2n) is 5.61. The third-order valence-electron chi connectivity index (χ3n) is 3.90. The van der Waals surface area contributed by atoms with Crippen LogP contribution in [0.1, 0.15) is 17.5 Å². The Labute approximate surface area is 146 Å². The average Bonchev–Trinajstić information content (AvgIpc) is 2.56. The maximum Gasteiger partial charge on any atom is 0.267 e. The number of aryl methyl sites for hydroxylation is 1. The van der Waals surface area contributed by atoms with Crippen molar-refractivity contribution in [3.05, 3.63) is 70.8 Å². The van der Waals surface area contributed by atoms with Crippen LogP contribution in [0.5, 0.6) is 0 Å². The summed E-state index contributed by atoms with van der Waals surface area (Å²) in [7, 11) is -3.86. The van der Waals surface area contributed by atoms with Gasteiger partial charge in [0.25, 0.3) is 15.9 Å². The zero-order chi connectivity index (χ0) is 17.3. The van der Waals surface area contributed by atoms with Crippen molar-refractivity contribution in [3.8, 4) is 0 Å². The molecule has 0 atom stereocenters. The van der Waals surface area contributed by atoms with Crippen LogP contribution in [-0.2, 0) is 14.8 Å². The molecule has 0 unspecified atom stereocenters. The Hall–Kier alpha value is -2.11. The van der Waals surface area contributed by atoms with Crippen LogP contribution in [0.25, 0.3) is 5.57 Å². The van der Waals surface area contributed by atoms with Gasteiger partial charge in [-0.15, -0.1) is 0 Å². The van der Waals surface area contributed by atoms with Gasteiger partial charge in [-0.05, 0) is 43.2 Å². The summed E-state index contributed by atoms with van der Waals surface area (Å²) in [5, 5.41) is 0.562. The molecule has 1 amide bonds. The minimum Gasteiger partial charge on any atom is -0.268 e. The molecule has 0 saturated carbocycles. The van der Waals surface area contributed by atoms with E-state index in [-0.39, 0.29) is 11.4 Å². The molecule has 0 spiro atoms. The summed E-state index contributed by atoms with van der Waals surface area (Å²) in [5.41, 5.74) is 2.00. The normalized spacial score (nSPS) is 15.3. The molecule has 0 aromatic heterocycles. The predicted octanol–water partition coefficient (Wildman–Crippen LogP) is 3.65. The molecular formula is C18H16ClNO3S. The van der Waals surface area contributed by atoms with Gasteiger partial charge < -0.3 is 0 Å². The number of carbonyl (C=O) groups is 1. The van der Waals surface area contributed by atoms with E-state index in [4.69, 9.17) is 11.6 Å². The second-order valence-corrected chi connectivity index (χ2v) is 7.91. The lowest BCUT2D eigenvalue weighted by Gasteiger charge is -2.26. The van der Waals surface area contributed by atoms with Gasteiger partial charge in [-0.25, -0.2) is 12.7 Å². The molecule has 0 radical (unpaired) electrons. The fourth-order valence-electron chi connectivity index (χ4n) is 2.59. The van der Waals surface area contributed by atoms with Crippen LogP contribution in [0.4, 0.5) is 0 Å². The van der Waals surface area contributed by atoms with Gasteiger partial charge >= 0.3 is 0 Å². The molecule has 124 valence electrons. The van der Waals surface area contributed by atoms with Crippen LogP contribution in [0, 0.1) is 6.92 Å². The lowest BCUT2D eigenvalue weighted by atomic mass is 10.0. The quantitative estimate of drug-likeness (QED) is 0.838. The fourth-order valence-corrected chi connectivity index (χ4v) is 4.11. The van der Waals surface area contributed by atoms with Crippen molar-refractivity contribution in [2.45, 2.75) is 18.2 Å². The van der Waals surface area contributed by atoms with E-state index < -0.39 is 15.9 Å². The van der Waals surface area contributed by atoms with E-state index in [0.717, 1.165) is 9.87 Å². The Morgan fingerprint density at radius 2 is 1.62 bits per heavy atom. The summed E-state index contributed by atoms with van der Waals surface area (Å²) >= 11 is 5.87. The van der Waals surface area contributed by atoms with Gasteiger partial charge in [0.15, 0.2) is 0 Å². The number of hydrogen-bond donors (Lipinski definition) is 0. The lowest BCUT2D eigenvalue weighted by molar-refractivity contribution is -0.120. The van der Waals surface area contributed by atoms with Crippen LogP contribution in [0.15, 0.2) is 59.5 Å². The van der Waals surface area contributed by atoms with Crippen molar-refractivity contribution in [1.82, 2.24) is 4.31 Å². The predicted molar refractivity (Wildman–Crippen MR) is 94.1 cm³/mol. The number of nitrogens with zero attached hydrogens (tertiary/aromatic N) is 1. The molecule has 1 heterocycles. The third-order valence-corrected chi connectivity index (χ3v) is 5.95. The number of amides is 1. The topological polar surface area (TPSA) is 54.5 Å². The maximum absolute atomic E-state index is 12.8. The molecule has 3 rings (SSSR count). The average molecular weight is 362 g/mol. The summed E-state index contributed by atoms with van der Waals surface area (Å²) in [6, 6.07) is 13.3. The number of benzene rings is 2.